The first-order chi connectivity index (χ1) is 4.75. The van der Waals surface area contributed by atoms with Crippen molar-refractivity contribution in [3.8, 4) is 5.88 Å². The van der Waals surface area contributed by atoms with Crippen LogP contribution in [0.15, 0.2) is 0 Å². The average Bonchev–Trinajstić information content (AvgIpc) is 1.95. The maximum Gasteiger partial charge on any atom is 0.219 e. The third-order valence-corrected chi connectivity index (χ3v) is 1.43. The van der Waals surface area contributed by atoms with E-state index in [4.69, 9.17) is 4.74 Å². The van der Waals surface area contributed by atoms with E-state index in [9.17, 15) is 0 Å². The van der Waals surface area contributed by atoms with Crippen LogP contribution in [0.25, 0.3) is 0 Å². The molecule has 0 bridgehead atoms. The number of hydrogen-bond donors (Lipinski definition) is 0. The Bertz CT molecular complexity index is 235. The average molecular weight is 137 g/mol. The first kappa shape index (κ1) is 6.99. The summed E-state index contributed by atoms with van der Waals surface area (Å²) in [6, 6.07) is 0. The van der Waals surface area contributed by atoms with Crippen LogP contribution in [0.1, 0.15) is 11.3 Å². The molecule has 0 N–H and O–H groups in total. The second kappa shape index (κ2) is 2.64. The van der Waals surface area contributed by atoms with Gasteiger partial charge < -0.3 is 4.74 Å². The predicted octanol–water partition coefficient (Wildman–Crippen LogP) is 0.902. The molecule has 0 amide bonds. The van der Waals surface area contributed by atoms with Crippen molar-refractivity contribution in [1.82, 2.24) is 9.97 Å². The monoisotopic (exact) mass is 137 g/mol. The van der Waals surface area contributed by atoms with E-state index in [-0.39, 0.29) is 0 Å². The summed E-state index contributed by atoms with van der Waals surface area (Å²) in [6.45, 7) is 3.82. The lowest BCUT2D eigenvalue weighted by Gasteiger charge is -2.02. The van der Waals surface area contributed by atoms with Crippen LogP contribution >= 0.6 is 0 Å². The molecule has 53 valence electrons. The van der Waals surface area contributed by atoms with Crippen LogP contribution in [0.5, 0.6) is 5.88 Å². The van der Waals surface area contributed by atoms with Crippen LogP contribution in [-0.2, 0) is 0 Å². The molecule has 1 aromatic heterocycles. The molecule has 1 aromatic rings. The highest BCUT2D eigenvalue weighted by molar-refractivity contribution is 5.26. The summed E-state index contributed by atoms with van der Waals surface area (Å²) in [5.41, 5.74) is 1.88. The Morgan fingerprint density at radius 3 is 2.50 bits per heavy atom. The molecule has 0 spiro atoms. The van der Waals surface area contributed by atoms with E-state index in [1.807, 2.05) is 13.8 Å². The van der Waals surface area contributed by atoms with E-state index in [1.165, 1.54) is 0 Å². The van der Waals surface area contributed by atoms with Crippen LogP contribution in [-0.4, -0.2) is 17.1 Å². The molecule has 3 heteroatoms. The molecule has 1 rings (SSSR count). The minimum atomic E-state index is 0.604. The van der Waals surface area contributed by atoms with E-state index in [1.54, 1.807) is 7.11 Å². The van der Waals surface area contributed by atoms with Crippen molar-refractivity contribution in [2.24, 2.45) is 0 Å². The Morgan fingerprint density at radius 2 is 2.00 bits per heavy atom. The van der Waals surface area contributed by atoms with Gasteiger partial charge in [0, 0.05) is 11.3 Å². The Hall–Kier alpha value is -1.12. The van der Waals surface area contributed by atoms with Crippen LogP contribution in [0, 0.1) is 20.2 Å². The van der Waals surface area contributed by atoms with Crippen molar-refractivity contribution < 1.29 is 4.74 Å². The van der Waals surface area contributed by atoms with E-state index in [0.717, 1.165) is 11.3 Å². The van der Waals surface area contributed by atoms with E-state index < -0.39 is 0 Å². The number of aromatic nitrogens is 2. The topological polar surface area (TPSA) is 35.0 Å². The van der Waals surface area contributed by atoms with Crippen LogP contribution < -0.4 is 4.74 Å². The summed E-state index contributed by atoms with van der Waals surface area (Å²) < 4.78 is 4.94. The Kier molecular flexibility index (Phi) is 1.85. The Labute approximate surface area is 60.1 Å². The zero-order valence-corrected chi connectivity index (χ0v) is 6.30. The van der Waals surface area contributed by atoms with E-state index in [2.05, 4.69) is 16.3 Å². The first-order valence-corrected chi connectivity index (χ1v) is 3.01. The summed E-state index contributed by atoms with van der Waals surface area (Å²) in [4.78, 5) is 7.67. The predicted molar refractivity (Wildman–Crippen MR) is 36.9 cm³/mol. The summed E-state index contributed by atoms with van der Waals surface area (Å²) >= 11 is 0. The number of hydrogen-bond acceptors (Lipinski definition) is 3. The van der Waals surface area contributed by atoms with Gasteiger partial charge in [-0.1, -0.05) is 0 Å². The number of aryl methyl sites for hydroxylation is 1. The molecule has 0 aliphatic carbocycles. The second-order valence-electron chi connectivity index (χ2n) is 2.04. The third kappa shape index (κ3) is 1.07. The summed E-state index contributed by atoms with van der Waals surface area (Å²) in [5.74, 6) is 0.604. The van der Waals surface area contributed by atoms with Crippen LogP contribution in [0.4, 0.5) is 0 Å². The number of nitrogens with zero attached hydrogens (tertiary/aromatic N) is 2. The zero-order valence-electron chi connectivity index (χ0n) is 6.30. The van der Waals surface area contributed by atoms with E-state index in [0.29, 0.717) is 5.88 Å². The lowest BCUT2D eigenvalue weighted by Crippen LogP contribution is -1.95. The van der Waals surface area contributed by atoms with Gasteiger partial charge in [0.25, 0.3) is 0 Å². The quantitative estimate of drug-likeness (QED) is 0.577. The van der Waals surface area contributed by atoms with Crippen molar-refractivity contribution >= 4 is 0 Å². The standard InChI is InChI=1S/C7H9N2O/c1-5-6(2)8-4-9-7(5)10-3/h1-3H3. The van der Waals surface area contributed by atoms with Crippen molar-refractivity contribution in [2.75, 3.05) is 7.11 Å². The van der Waals surface area contributed by atoms with E-state index >= 15 is 0 Å². The molecule has 0 saturated heterocycles. The third-order valence-electron chi connectivity index (χ3n) is 1.43. The maximum absolute atomic E-state index is 4.94. The van der Waals surface area contributed by atoms with Crippen molar-refractivity contribution in [3.63, 3.8) is 0 Å². The molecular formula is C7H9N2O. The minimum absolute atomic E-state index is 0.604. The Morgan fingerprint density at radius 1 is 1.30 bits per heavy atom. The molecule has 3 nitrogen and oxygen atoms in total. The molecule has 0 unspecified atom stereocenters. The van der Waals surface area contributed by atoms with Crippen molar-refractivity contribution in [1.29, 1.82) is 0 Å². The fourth-order valence-electron chi connectivity index (χ4n) is 0.667. The zero-order chi connectivity index (χ0) is 7.56. The van der Waals surface area contributed by atoms with Gasteiger partial charge in [-0.3, -0.25) is 0 Å². The number of methoxy groups -OCH3 is 1. The fourth-order valence-corrected chi connectivity index (χ4v) is 0.667. The van der Waals surface area contributed by atoms with Gasteiger partial charge in [-0.05, 0) is 13.8 Å². The van der Waals surface area contributed by atoms with Gasteiger partial charge in [-0.2, -0.15) is 4.98 Å². The summed E-state index contributed by atoms with van der Waals surface area (Å²) in [7, 11) is 1.59. The van der Waals surface area contributed by atoms with Gasteiger partial charge in [0.15, 0.2) is 0 Å². The molecular weight excluding hydrogens is 128 g/mol. The number of rotatable bonds is 1. The molecule has 0 saturated carbocycles. The van der Waals surface area contributed by atoms with Gasteiger partial charge in [0.05, 0.1) is 7.11 Å². The minimum Gasteiger partial charge on any atom is -0.481 e. The molecule has 1 radical (unpaired) electrons. The normalized spacial score (nSPS) is 9.50. The van der Waals surface area contributed by atoms with Gasteiger partial charge in [-0.15, -0.1) is 0 Å². The number of ether oxygens (including phenoxy) is 1. The van der Waals surface area contributed by atoms with Gasteiger partial charge >= 0.3 is 0 Å². The second-order valence-corrected chi connectivity index (χ2v) is 2.04. The SMILES string of the molecule is COc1n[c]nc(C)c1C. The largest absolute Gasteiger partial charge is 0.481 e. The summed E-state index contributed by atoms with van der Waals surface area (Å²) in [6.07, 6.45) is 2.50. The highest BCUT2D eigenvalue weighted by Gasteiger charge is 2.01. The van der Waals surface area contributed by atoms with Crippen LogP contribution in [0.3, 0.4) is 0 Å². The fraction of sp³-hybridized carbons (Fsp3) is 0.429. The molecule has 0 aliphatic heterocycles. The lowest BCUT2D eigenvalue weighted by atomic mass is 10.3. The highest BCUT2D eigenvalue weighted by atomic mass is 16.5. The van der Waals surface area contributed by atoms with Gasteiger partial charge in [-0.25, -0.2) is 4.98 Å². The lowest BCUT2D eigenvalue weighted by molar-refractivity contribution is 0.392. The summed E-state index contributed by atoms with van der Waals surface area (Å²) in [5, 5.41) is 0. The smallest absolute Gasteiger partial charge is 0.219 e. The van der Waals surface area contributed by atoms with Gasteiger partial charge in [0.1, 0.15) is 0 Å². The maximum atomic E-state index is 4.94. The van der Waals surface area contributed by atoms with Crippen LogP contribution in [0.2, 0.25) is 0 Å². The molecule has 0 aromatic carbocycles. The Balaban J connectivity index is 3.14. The molecule has 0 atom stereocenters. The molecule has 1 heterocycles. The molecule has 0 fully saturated rings. The van der Waals surface area contributed by atoms with Gasteiger partial charge in [0.2, 0.25) is 12.2 Å². The molecule has 10 heavy (non-hydrogen) atoms. The first-order valence-electron chi connectivity index (χ1n) is 3.01. The highest BCUT2D eigenvalue weighted by Crippen LogP contribution is 2.13. The van der Waals surface area contributed by atoms with Crippen molar-refractivity contribution in [3.05, 3.63) is 17.6 Å². The molecule has 0 aliphatic rings. The van der Waals surface area contributed by atoms with Crippen molar-refractivity contribution in [2.45, 2.75) is 13.8 Å².